The molecular formula is C70H64BrCl6N3O8S3. The molecule has 0 fully saturated rings. The Bertz CT molecular complexity index is 4220. The number of carbonyl (C=O) groups excluding carboxylic acids is 2. The van der Waals surface area contributed by atoms with E-state index in [9.17, 15) is 34.8 Å². The number of aryl methyl sites for hydroxylation is 3. The summed E-state index contributed by atoms with van der Waals surface area (Å²) in [5.41, 5.74) is 16.8. The van der Waals surface area contributed by atoms with Gasteiger partial charge in [0.2, 0.25) is 0 Å². The molecule has 0 aliphatic carbocycles. The third kappa shape index (κ3) is 25.6. The Morgan fingerprint density at radius 3 is 1.20 bits per heavy atom. The second kappa shape index (κ2) is 37.5. The summed E-state index contributed by atoms with van der Waals surface area (Å²) in [5.74, 6) is -0.00474. The maximum Gasteiger partial charge on any atom is 0.264 e. The third-order valence-corrected chi connectivity index (χ3v) is 18.7. The molecule has 0 spiro atoms. The van der Waals surface area contributed by atoms with Crippen molar-refractivity contribution in [1.82, 2.24) is 0 Å². The number of rotatable bonds is 16. The van der Waals surface area contributed by atoms with Gasteiger partial charge in [-0.1, -0.05) is 213 Å². The quantitative estimate of drug-likeness (QED) is 0.0541. The first kappa shape index (κ1) is 74.7. The number of sulfonamides is 2. The highest BCUT2D eigenvalue weighted by atomic mass is 79.9. The van der Waals surface area contributed by atoms with E-state index in [0.29, 0.717) is 38.2 Å². The Hall–Kier alpha value is -6.99. The summed E-state index contributed by atoms with van der Waals surface area (Å²) in [6, 6.07) is 75.4. The van der Waals surface area contributed by atoms with Crippen LogP contribution in [0.4, 0.5) is 17.1 Å². The van der Waals surface area contributed by atoms with Gasteiger partial charge >= 0.3 is 0 Å². The number of halogens is 7. The Morgan fingerprint density at radius 1 is 0.451 bits per heavy atom. The normalized spacial score (nSPS) is 10.7. The van der Waals surface area contributed by atoms with Crippen LogP contribution in [0.1, 0.15) is 27.8 Å². The summed E-state index contributed by atoms with van der Waals surface area (Å²) in [7, 11) is -6.10. The van der Waals surface area contributed by atoms with Crippen molar-refractivity contribution in [3.8, 4) is 22.3 Å². The molecule has 10 aromatic rings. The molecule has 3 N–H and O–H groups in total. The van der Waals surface area contributed by atoms with Gasteiger partial charge in [-0.05, 0) is 163 Å². The van der Waals surface area contributed by atoms with Crippen LogP contribution in [0.3, 0.4) is 0 Å². The van der Waals surface area contributed by atoms with Gasteiger partial charge in [-0.25, -0.2) is 25.3 Å². The molecular weight excluding hydrogens is 1400 g/mol. The lowest BCUT2D eigenvalue weighted by Crippen LogP contribution is -2.36. The minimum Gasteiger partial charge on any atom is -0.399 e. The van der Waals surface area contributed by atoms with E-state index in [4.69, 9.17) is 74.4 Å². The van der Waals surface area contributed by atoms with Gasteiger partial charge in [-0.3, -0.25) is 18.6 Å². The van der Waals surface area contributed by atoms with Crippen molar-refractivity contribution in [3.05, 3.63) is 298 Å². The summed E-state index contributed by atoms with van der Waals surface area (Å²) in [5, 5.41) is 2.03. The average molecular weight is 1460 g/mol. The van der Waals surface area contributed by atoms with Gasteiger partial charge in [0, 0.05) is 50.0 Å². The van der Waals surface area contributed by atoms with Crippen molar-refractivity contribution in [2.75, 3.05) is 32.0 Å². The largest absolute Gasteiger partial charge is 0.399 e. The molecule has 0 atom stereocenters. The topological polar surface area (TPSA) is 178 Å². The first-order chi connectivity index (χ1) is 43.3. The Morgan fingerprint density at radius 2 is 0.802 bits per heavy atom. The monoisotopic (exact) mass is 1460 g/mol. The first-order valence-electron chi connectivity index (χ1n) is 27.5. The average Bonchev–Trinajstić information content (AvgIpc) is 1.25. The zero-order valence-corrected chi connectivity index (χ0v) is 58.0. The number of nitrogens with two attached hydrogens (primary N) is 1. The van der Waals surface area contributed by atoms with Crippen LogP contribution in [-0.4, -0.2) is 54.0 Å². The first-order valence-corrected chi connectivity index (χ1v) is 36.1. The molecule has 10 rings (SSSR count). The van der Waals surface area contributed by atoms with E-state index in [1.165, 1.54) is 70.5 Å². The van der Waals surface area contributed by atoms with E-state index in [-0.39, 0.29) is 44.6 Å². The van der Waals surface area contributed by atoms with Crippen molar-refractivity contribution >= 4 is 142 Å². The predicted molar refractivity (Wildman–Crippen MR) is 382 cm³/mol. The molecule has 474 valence electrons. The minimum absolute atomic E-state index is 0.0589. The molecule has 0 aliphatic heterocycles. The van der Waals surface area contributed by atoms with Gasteiger partial charge in [0.15, 0.2) is 5.78 Å². The summed E-state index contributed by atoms with van der Waals surface area (Å²) >= 11 is 29.9. The van der Waals surface area contributed by atoms with Crippen LogP contribution in [0.25, 0.3) is 22.3 Å². The van der Waals surface area contributed by atoms with Crippen LogP contribution in [0.2, 0.25) is 15.1 Å². The highest BCUT2D eigenvalue weighted by Crippen LogP contribution is 2.29. The van der Waals surface area contributed by atoms with Crippen molar-refractivity contribution in [2.24, 2.45) is 0 Å². The van der Waals surface area contributed by atoms with Gasteiger partial charge in [0.05, 0.1) is 37.6 Å². The molecule has 0 aliphatic rings. The summed E-state index contributed by atoms with van der Waals surface area (Å²) in [4.78, 5) is 25.1. The number of anilines is 3. The summed E-state index contributed by atoms with van der Waals surface area (Å²) < 4.78 is 76.2. The van der Waals surface area contributed by atoms with Crippen molar-refractivity contribution in [2.45, 2.75) is 48.3 Å². The molecule has 0 bridgehead atoms. The van der Waals surface area contributed by atoms with E-state index in [1.807, 2.05) is 160 Å². The Kier molecular flexibility index (Phi) is 30.8. The zero-order valence-electron chi connectivity index (χ0n) is 49.4. The fraction of sp³-hybridized carbons (Fsp3) is 0.114. The summed E-state index contributed by atoms with van der Waals surface area (Å²) in [6.07, 6.45) is 0.597. The number of benzene rings is 10. The third-order valence-electron chi connectivity index (χ3n) is 12.8. The molecule has 10 aromatic carbocycles. The van der Waals surface area contributed by atoms with Crippen LogP contribution >= 0.6 is 84.6 Å². The lowest BCUT2D eigenvalue weighted by Gasteiger charge is -2.24. The van der Waals surface area contributed by atoms with E-state index in [2.05, 4.69) is 38.9 Å². The second-order valence-electron chi connectivity index (χ2n) is 19.7. The standard InChI is InChI=1S/C28H24ClNO3S.C15H13BrO.C13H12ClNO2S.C7H9N.C6H4Cl2O2S.CH2Cl2/c1-21-11-15-25(16-12-21)30(34(32,33)27-17-13-24(29)14-18-27)20-26(31)19-23-9-5-6-10-28(23)22-7-3-2-4-8-22;16-11-14(17)10-13-8-4-5-9-15(13)12-6-2-1-3-7-12;1-10-2-6-12(7-3-10)15-18(16,17)13-8-4-11(14)5-9-13;1-6-2-4-7(8)5-3-6;7-5-1-3-6(4-2-5)11(8,9)10;2-1-3/h2-18H,19-20H2,1H3;1-9H,10-11H2;2-9,15H,1H3;2-5H,8H2,1H3;1-4H;1H2. The second-order valence-corrected chi connectivity index (χ2v) is 28.5. The lowest BCUT2D eigenvalue weighted by atomic mass is 9.96. The number of carbonyl (C=O) groups is 2. The van der Waals surface area contributed by atoms with Crippen molar-refractivity contribution in [3.63, 3.8) is 0 Å². The molecule has 0 heterocycles. The highest BCUT2D eigenvalue weighted by molar-refractivity contribution is 9.09. The smallest absolute Gasteiger partial charge is 0.264 e. The van der Waals surface area contributed by atoms with E-state index in [0.717, 1.165) is 50.2 Å². The van der Waals surface area contributed by atoms with Crippen molar-refractivity contribution in [1.29, 1.82) is 0 Å². The fourth-order valence-electron chi connectivity index (χ4n) is 8.21. The Labute approximate surface area is 572 Å². The molecule has 0 saturated carbocycles. The lowest BCUT2D eigenvalue weighted by molar-refractivity contribution is -0.117. The maximum absolute atomic E-state index is 13.5. The minimum atomic E-state index is -3.98. The zero-order chi connectivity index (χ0) is 66.6. The fourth-order valence-corrected chi connectivity index (χ4v) is 12.1. The van der Waals surface area contributed by atoms with Crippen LogP contribution in [-0.2, 0) is 51.5 Å². The van der Waals surface area contributed by atoms with Crippen LogP contribution in [0, 0.1) is 20.8 Å². The number of ketones is 2. The molecule has 0 unspecified atom stereocenters. The number of hydrogen-bond donors (Lipinski definition) is 2. The van der Waals surface area contributed by atoms with Gasteiger partial charge in [0.1, 0.15) is 5.78 Å². The summed E-state index contributed by atoms with van der Waals surface area (Å²) in [6.45, 7) is 5.63. The molecule has 0 amide bonds. The molecule has 0 saturated heterocycles. The highest BCUT2D eigenvalue weighted by Gasteiger charge is 2.28. The predicted octanol–water partition coefficient (Wildman–Crippen LogP) is 18.9. The van der Waals surface area contributed by atoms with Crippen molar-refractivity contribution < 1.29 is 34.8 Å². The number of nitrogen functional groups attached to an aromatic ring is 1. The van der Waals surface area contributed by atoms with Crippen LogP contribution in [0.5, 0.6) is 0 Å². The Balaban J connectivity index is 0.000000223. The number of nitrogens with zero attached hydrogens (tertiary/aromatic N) is 1. The van der Waals surface area contributed by atoms with E-state index < -0.39 is 29.1 Å². The van der Waals surface area contributed by atoms with Crippen LogP contribution in [0.15, 0.2) is 269 Å². The molecule has 0 aromatic heterocycles. The van der Waals surface area contributed by atoms with Gasteiger partial charge in [-0.2, -0.15) is 0 Å². The molecule has 91 heavy (non-hydrogen) atoms. The van der Waals surface area contributed by atoms with Gasteiger partial charge < -0.3 is 5.73 Å². The number of hydrogen-bond acceptors (Lipinski definition) is 9. The molecule has 11 nitrogen and oxygen atoms in total. The maximum atomic E-state index is 13.5. The number of alkyl halides is 3. The van der Waals surface area contributed by atoms with E-state index in [1.54, 1.807) is 36.4 Å². The van der Waals surface area contributed by atoms with Gasteiger partial charge in [0.25, 0.3) is 29.1 Å². The molecule has 0 radical (unpaired) electrons. The number of Topliss-reactive ketones (excluding diaryl/α,β-unsaturated/α-hetero) is 2. The molecule has 21 heteroatoms. The van der Waals surface area contributed by atoms with Crippen LogP contribution < -0.4 is 14.8 Å². The number of nitrogens with one attached hydrogen (secondary N) is 1. The van der Waals surface area contributed by atoms with E-state index >= 15 is 0 Å². The SMILES string of the molecule is Cc1ccc(N(CC(=O)Cc2ccccc2-c2ccccc2)S(=O)(=O)c2ccc(Cl)cc2)cc1.Cc1ccc(N)cc1.Cc1ccc(NS(=O)(=O)c2ccc(Cl)cc2)cc1.ClCCl.O=C(CBr)Cc1ccccc1-c1ccccc1.O=S(=O)(Cl)c1ccc(Cl)cc1. The van der Waals surface area contributed by atoms with Gasteiger partial charge in [-0.15, -0.1) is 23.2 Å².